The molecule has 0 aromatic heterocycles. The Bertz CT molecular complexity index is 292. The Labute approximate surface area is 104 Å². The lowest BCUT2D eigenvalue weighted by Crippen LogP contribution is -2.53. The number of hydrogen-bond donors (Lipinski definition) is 0. The summed E-state index contributed by atoms with van der Waals surface area (Å²) in [6, 6.07) is 0. The lowest BCUT2D eigenvalue weighted by atomic mass is 9.77. The maximum atomic E-state index is 6.26. The molecule has 98 valence electrons. The third-order valence-electron chi connectivity index (χ3n) is 4.18. The normalized spacial score (nSPS) is 45.7. The monoisotopic (exact) mass is 240 g/mol. The van der Waals surface area contributed by atoms with Gasteiger partial charge in [-0.25, -0.2) is 0 Å². The predicted octanol–water partition coefficient (Wildman–Crippen LogP) is 2.88. The number of fused-ring (bicyclic) bond motifs is 1. The van der Waals surface area contributed by atoms with Gasteiger partial charge in [-0.2, -0.15) is 0 Å². The summed E-state index contributed by atoms with van der Waals surface area (Å²) in [5.41, 5.74) is -0.0694. The fourth-order valence-corrected chi connectivity index (χ4v) is 3.64. The summed E-state index contributed by atoms with van der Waals surface area (Å²) in [5, 5.41) is 0. The Kier molecular flexibility index (Phi) is 2.77. The zero-order valence-corrected chi connectivity index (χ0v) is 11.2. The standard InChI is InChI=1S/C14H24O3/c1-13(2,3)17-12-8-10-9-15-14(16-10)7-5-4-6-11(12)14/h10-12H,4-9H2,1-3H3/t10-,11-,12-,14+/m0/s1. The molecule has 3 nitrogen and oxygen atoms in total. The van der Waals surface area contributed by atoms with Gasteiger partial charge in [0, 0.05) is 18.8 Å². The second kappa shape index (κ2) is 3.94. The third kappa shape index (κ3) is 2.13. The average Bonchev–Trinajstić information content (AvgIpc) is 2.54. The van der Waals surface area contributed by atoms with E-state index in [1.54, 1.807) is 0 Å². The molecule has 3 rings (SSSR count). The maximum absolute atomic E-state index is 6.26. The number of ether oxygens (including phenoxy) is 3. The highest BCUT2D eigenvalue weighted by Gasteiger charge is 2.57. The topological polar surface area (TPSA) is 27.7 Å². The van der Waals surface area contributed by atoms with Gasteiger partial charge in [0.1, 0.15) is 0 Å². The minimum absolute atomic E-state index is 0.0694. The molecule has 1 spiro atoms. The summed E-state index contributed by atoms with van der Waals surface area (Å²) in [5.74, 6) is 0.145. The molecular weight excluding hydrogens is 216 g/mol. The fourth-order valence-electron chi connectivity index (χ4n) is 3.64. The molecule has 0 aromatic carbocycles. The van der Waals surface area contributed by atoms with Crippen molar-refractivity contribution in [2.75, 3.05) is 6.61 Å². The van der Waals surface area contributed by atoms with Crippen molar-refractivity contribution in [1.82, 2.24) is 0 Å². The van der Waals surface area contributed by atoms with Gasteiger partial charge in [0.15, 0.2) is 5.79 Å². The Morgan fingerprint density at radius 3 is 2.82 bits per heavy atom. The van der Waals surface area contributed by atoms with Crippen LogP contribution in [0.15, 0.2) is 0 Å². The summed E-state index contributed by atoms with van der Waals surface area (Å²) < 4.78 is 18.4. The van der Waals surface area contributed by atoms with Crippen molar-refractivity contribution in [3.05, 3.63) is 0 Å². The van der Waals surface area contributed by atoms with E-state index in [9.17, 15) is 0 Å². The van der Waals surface area contributed by atoms with Crippen LogP contribution >= 0.6 is 0 Å². The first-order valence-electron chi connectivity index (χ1n) is 6.98. The highest BCUT2D eigenvalue weighted by atomic mass is 16.7. The molecule has 2 heterocycles. The van der Waals surface area contributed by atoms with Gasteiger partial charge >= 0.3 is 0 Å². The first kappa shape index (κ1) is 11.9. The molecule has 0 aromatic rings. The van der Waals surface area contributed by atoms with Crippen LogP contribution in [0.2, 0.25) is 0 Å². The molecule has 17 heavy (non-hydrogen) atoms. The van der Waals surface area contributed by atoms with Crippen LogP contribution in [-0.4, -0.2) is 30.2 Å². The van der Waals surface area contributed by atoms with E-state index in [0.717, 1.165) is 19.4 Å². The van der Waals surface area contributed by atoms with Gasteiger partial charge in [-0.15, -0.1) is 0 Å². The molecule has 2 bridgehead atoms. The molecule has 1 saturated carbocycles. The summed E-state index contributed by atoms with van der Waals surface area (Å²) >= 11 is 0. The van der Waals surface area contributed by atoms with Crippen LogP contribution < -0.4 is 0 Å². The van der Waals surface area contributed by atoms with Crippen LogP contribution in [0.5, 0.6) is 0 Å². The zero-order valence-electron chi connectivity index (χ0n) is 11.2. The van der Waals surface area contributed by atoms with Crippen LogP contribution in [-0.2, 0) is 14.2 Å². The quantitative estimate of drug-likeness (QED) is 0.705. The van der Waals surface area contributed by atoms with Gasteiger partial charge < -0.3 is 14.2 Å². The molecule has 0 N–H and O–H groups in total. The third-order valence-corrected chi connectivity index (χ3v) is 4.18. The van der Waals surface area contributed by atoms with E-state index in [4.69, 9.17) is 14.2 Å². The second-order valence-corrected chi connectivity index (χ2v) is 6.72. The van der Waals surface area contributed by atoms with E-state index in [1.165, 1.54) is 19.3 Å². The van der Waals surface area contributed by atoms with E-state index in [2.05, 4.69) is 20.8 Å². The highest BCUT2D eigenvalue weighted by Crippen LogP contribution is 2.50. The van der Waals surface area contributed by atoms with E-state index in [0.29, 0.717) is 12.0 Å². The Balaban J connectivity index is 1.81. The SMILES string of the molecule is CC(C)(C)O[C@H]1C[C@H]2CO[C@]3(CCCC[C@@H]13)O2. The Morgan fingerprint density at radius 2 is 2.06 bits per heavy atom. The molecule has 0 amide bonds. The van der Waals surface area contributed by atoms with Crippen molar-refractivity contribution >= 4 is 0 Å². The molecule has 2 aliphatic heterocycles. The van der Waals surface area contributed by atoms with Crippen LogP contribution in [0, 0.1) is 5.92 Å². The van der Waals surface area contributed by atoms with Gasteiger partial charge in [0.05, 0.1) is 24.4 Å². The van der Waals surface area contributed by atoms with Crippen LogP contribution in [0.1, 0.15) is 52.9 Å². The van der Waals surface area contributed by atoms with Crippen LogP contribution in [0.4, 0.5) is 0 Å². The molecule has 0 unspecified atom stereocenters. The summed E-state index contributed by atoms with van der Waals surface area (Å²) in [4.78, 5) is 0. The van der Waals surface area contributed by atoms with Crippen molar-refractivity contribution in [1.29, 1.82) is 0 Å². The minimum atomic E-state index is -0.295. The molecule has 1 aliphatic carbocycles. The minimum Gasteiger partial charge on any atom is -0.372 e. The first-order chi connectivity index (χ1) is 7.99. The molecule has 3 fully saturated rings. The fraction of sp³-hybridized carbons (Fsp3) is 1.00. The lowest BCUT2D eigenvalue weighted by molar-refractivity contribution is -0.279. The highest BCUT2D eigenvalue weighted by molar-refractivity contribution is 4.99. The number of rotatable bonds is 1. The van der Waals surface area contributed by atoms with Gasteiger partial charge in [-0.1, -0.05) is 6.42 Å². The second-order valence-electron chi connectivity index (χ2n) is 6.72. The molecule has 3 heteroatoms. The summed E-state index contributed by atoms with van der Waals surface area (Å²) in [7, 11) is 0. The zero-order chi connectivity index (χ0) is 12.1. The molecular formula is C14H24O3. The van der Waals surface area contributed by atoms with Crippen molar-refractivity contribution in [3.8, 4) is 0 Å². The van der Waals surface area contributed by atoms with Crippen LogP contribution in [0.3, 0.4) is 0 Å². The smallest absolute Gasteiger partial charge is 0.174 e. The number of hydrogen-bond acceptors (Lipinski definition) is 3. The Morgan fingerprint density at radius 1 is 1.24 bits per heavy atom. The molecule has 2 saturated heterocycles. The first-order valence-corrected chi connectivity index (χ1v) is 6.98. The van der Waals surface area contributed by atoms with Crippen molar-refractivity contribution < 1.29 is 14.2 Å². The van der Waals surface area contributed by atoms with Crippen LogP contribution in [0.25, 0.3) is 0 Å². The molecule has 0 radical (unpaired) electrons. The van der Waals surface area contributed by atoms with Crippen molar-refractivity contribution in [2.24, 2.45) is 5.92 Å². The predicted molar refractivity (Wildman–Crippen MR) is 64.8 cm³/mol. The van der Waals surface area contributed by atoms with E-state index < -0.39 is 0 Å². The van der Waals surface area contributed by atoms with Gasteiger partial charge in [-0.05, 0) is 33.6 Å². The largest absolute Gasteiger partial charge is 0.372 e. The van der Waals surface area contributed by atoms with E-state index in [1.807, 2.05) is 0 Å². The lowest BCUT2D eigenvalue weighted by Gasteiger charge is -2.47. The maximum Gasteiger partial charge on any atom is 0.174 e. The Hall–Kier alpha value is -0.120. The summed E-state index contributed by atoms with van der Waals surface area (Å²) in [6.07, 6.45) is 6.34. The summed E-state index contributed by atoms with van der Waals surface area (Å²) in [6.45, 7) is 7.18. The van der Waals surface area contributed by atoms with Gasteiger partial charge in [0.2, 0.25) is 0 Å². The van der Waals surface area contributed by atoms with Gasteiger partial charge in [-0.3, -0.25) is 0 Å². The average molecular weight is 240 g/mol. The van der Waals surface area contributed by atoms with E-state index in [-0.39, 0.29) is 17.5 Å². The van der Waals surface area contributed by atoms with Crippen molar-refractivity contribution in [2.45, 2.75) is 76.5 Å². The van der Waals surface area contributed by atoms with Gasteiger partial charge in [0.25, 0.3) is 0 Å². The molecule has 4 atom stereocenters. The van der Waals surface area contributed by atoms with E-state index >= 15 is 0 Å². The molecule has 3 aliphatic rings. The van der Waals surface area contributed by atoms with Crippen molar-refractivity contribution in [3.63, 3.8) is 0 Å².